The van der Waals surface area contributed by atoms with Crippen molar-refractivity contribution >= 4 is 9.84 Å². The lowest BCUT2D eigenvalue weighted by Gasteiger charge is -2.26. The molecule has 0 aliphatic rings. The number of hydrogen-bond donors (Lipinski definition) is 1. The Balaban J connectivity index is 3.01. The van der Waals surface area contributed by atoms with E-state index in [1.165, 1.54) is 5.56 Å². The van der Waals surface area contributed by atoms with Gasteiger partial charge >= 0.3 is 0 Å². The summed E-state index contributed by atoms with van der Waals surface area (Å²) in [5, 5.41) is 2.91. The topological polar surface area (TPSA) is 46.2 Å². The first kappa shape index (κ1) is 18.2. The van der Waals surface area contributed by atoms with Gasteiger partial charge in [0.15, 0.2) is 9.84 Å². The van der Waals surface area contributed by atoms with E-state index in [2.05, 4.69) is 5.32 Å². The summed E-state index contributed by atoms with van der Waals surface area (Å²) < 4.78 is 25.2. The second-order valence-corrected chi connectivity index (χ2v) is 8.40. The van der Waals surface area contributed by atoms with Crippen molar-refractivity contribution < 1.29 is 8.42 Å². The third-order valence-corrected chi connectivity index (χ3v) is 6.55. The first-order valence-corrected chi connectivity index (χ1v) is 9.54. The lowest BCUT2D eigenvalue weighted by molar-refractivity contribution is 0.500. The fourth-order valence-electron chi connectivity index (χ4n) is 2.42. The van der Waals surface area contributed by atoms with Crippen LogP contribution in [0.2, 0.25) is 0 Å². The summed E-state index contributed by atoms with van der Waals surface area (Å²) in [6, 6.07) is 7.97. The van der Waals surface area contributed by atoms with E-state index in [-0.39, 0.29) is 17.7 Å². The van der Waals surface area contributed by atoms with Gasteiger partial charge in [0.1, 0.15) is 0 Å². The third-order valence-electron chi connectivity index (χ3n) is 4.11. The smallest absolute Gasteiger partial charge is 0.155 e. The van der Waals surface area contributed by atoms with Crippen molar-refractivity contribution in [2.24, 2.45) is 5.92 Å². The molecule has 1 aromatic rings. The Hall–Kier alpha value is -0.870. The molecule has 1 N–H and O–H groups in total. The van der Waals surface area contributed by atoms with Crippen LogP contribution in [0.5, 0.6) is 0 Å². The number of sulfone groups is 1. The van der Waals surface area contributed by atoms with Gasteiger partial charge in [0.05, 0.1) is 11.0 Å². The van der Waals surface area contributed by atoms with E-state index in [1.54, 1.807) is 0 Å². The lowest BCUT2D eigenvalue weighted by atomic mass is 10.0. The number of hydrogen-bond acceptors (Lipinski definition) is 3. The van der Waals surface area contributed by atoms with Crippen molar-refractivity contribution in [3.05, 3.63) is 35.4 Å². The van der Waals surface area contributed by atoms with E-state index in [0.717, 1.165) is 18.5 Å². The SMILES string of the molecule is CCNC(c1ccc(C)cc1)C(C)S(=O)(=O)CC(C)CC. The molecule has 0 spiro atoms. The highest BCUT2D eigenvalue weighted by Crippen LogP contribution is 2.24. The Labute approximate surface area is 130 Å². The molecular formula is C17H29NO2S. The summed E-state index contributed by atoms with van der Waals surface area (Å²) in [6.45, 7) is 10.7. The van der Waals surface area contributed by atoms with E-state index in [1.807, 2.05) is 58.9 Å². The molecule has 4 heteroatoms. The molecule has 0 amide bonds. The molecule has 0 bridgehead atoms. The van der Waals surface area contributed by atoms with Crippen LogP contribution in [0, 0.1) is 12.8 Å². The molecule has 120 valence electrons. The number of rotatable bonds is 8. The Morgan fingerprint density at radius 1 is 1.10 bits per heavy atom. The molecule has 0 aromatic heterocycles. The number of aryl methyl sites for hydroxylation is 1. The van der Waals surface area contributed by atoms with Crippen molar-refractivity contribution in [1.29, 1.82) is 0 Å². The Bertz CT molecular complexity index is 522. The third kappa shape index (κ3) is 5.11. The van der Waals surface area contributed by atoms with Crippen molar-refractivity contribution in [2.75, 3.05) is 12.3 Å². The van der Waals surface area contributed by atoms with Gasteiger partial charge in [-0.05, 0) is 31.9 Å². The van der Waals surface area contributed by atoms with Gasteiger partial charge in [-0.15, -0.1) is 0 Å². The van der Waals surface area contributed by atoms with E-state index in [4.69, 9.17) is 0 Å². The molecule has 0 heterocycles. The molecule has 1 aromatic carbocycles. The molecule has 0 aliphatic heterocycles. The molecule has 0 fully saturated rings. The Morgan fingerprint density at radius 2 is 1.67 bits per heavy atom. The predicted molar refractivity (Wildman–Crippen MR) is 90.3 cm³/mol. The van der Waals surface area contributed by atoms with Crippen LogP contribution >= 0.6 is 0 Å². The highest BCUT2D eigenvalue weighted by atomic mass is 32.2. The second kappa shape index (κ2) is 7.95. The van der Waals surface area contributed by atoms with Gasteiger partial charge < -0.3 is 5.32 Å². The van der Waals surface area contributed by atoms with Gasteiger partial charge in [-0.25, -0.2) is 8.42 Å². The quantitative estimate of drug-likeness (QED) is 0.799. The zero-order chi connectivity index (χ0) is 16.0. The van der Waals surface area contributed by atoms with E-state index >= 15 is 0 Å². The molecule has 21 heavy (non-hydrogen) atoms. The Morgan fingerprint density at radius 3 is 2.14 bits per heavy atom. The zero-order valence-electron chi connectivity index (χ0n) is 13.9. The average Bonchev–Trinajstić information content (AvgIpc) is 2.44. The summed E-state index contributed by atoms with van der Waals surface area (Å²) in [4.78, 5) is 0. The summed E-state index contributed by atoms with van der Waals surface area (Å²) in [7, 11) is -3.11. The fraction of sp³-hybridized carbons (Fsp3) is 0.647. The first-order valence-electron chi connectivity index (χ1n) is 7.83. The van der Waals surface area contributed by atoms with Crippen LogP contribution in [0.15, 0.2) is 24.3 Å². The Kier molecular flexibility index (Phi) is 6.88. The monoisotopic (exact) mass is 311 g/mol. The molecule has 3 atom stereocenters. The largest absolute Gasteiger partial charge is 0.309 e. The summed E-state index contributed by atoms with van der Waals surface area (Å²) in [5.41, 5.74) is 2.23. The maximum absolute atomic E-state index is 12.6. The van der Waals surface area contributed by atoms with E-state index < -0.39 is 15.1 Å². The van der Waals surface area contributed by atoms with Crippen LogP contribution in [0.4, 0.5) is 0 Å². The highest BCUT2D eigenvalue weighted by Gasteiger charge is 2.30. The minimum Gasteiger partial charge on any atom is -0.309 e. The normalized spacial score (nSPS) is 16.4. The molecular weight excluding hydrogens is 282 g/mol. The van der Waals surface area contributed by atoms with Crippen LogP contribution in [0.3, 0.4) is 0 Å². The van der Waals surface area contributed by atoms with Crippen molar-refractivity contribution in [3.63, 3.8) is 0 Å². The first-order chi connectivity index (χ1) is 9.81. The average molecular weight is 311 g/mol. The van der Waals surface area contributed by atoms with Gasteiger partial charge in [-0.3, -0.25) is 0 Å². The van der Waals surface area contributed by atoms with Gasteiger partial charge in [-0.1, -0.05) is 57.0 Å². The van der Waals surface area contributed by atoms with Gasteiger partial charge in [-0.2, -0.15) is 0 Å². The van der Waals surface area contributed by atoms with Crippen LogP contribution in [-0.2, 0) is 9.84 Å². The molecule has 0 saturated heterocycles. The van der Waals surface area contributed by atoms with Crippen molar-refractivity contribution in [1.82, 2.24) is 5.32 Å². The molecule has 3 unspecified atom stereocenters. The molecule has 0 aliphatic carbocycles. The standard InChI is InChI=1S/C17H29NO2S/c1-6-13(3)12-21(19,20)15(5)17(18-7-2)16-10-8-14(4)9-11-16/h8-11,13,15,17-18H,6-7,12H2,1-5H3. The second-order valence-electron chi connectivity index (χ2n) is 5.99. The molecule has 3 nitrogen and oxygen atoms in total. The number of nitrogens with one attached hydrogen (secondary N) is 1. The zero-order valence-corrected chi connectivity index (χ0v) is 14.7. The maximum atomic E-state index is 12.6. The highest BCUT2D eigenvalue weighted by molar-refractivity contribution is 7.92. The van der Waals surface area contributed by atoms with Crippen LogP contribution < -0.4 is 5.32 Å². The van der Waals surface area contributed by atoms with Gasteiger partial charge in [0.2, 0.25) is 0 Å². The van der Waals surface area contributed by atoms with Crippen molar-refractivity contribution in [2.45, 2.75) is 52.3 Å². The molecule has 0 radical (unpaired) electrons. The van der Waals surface area contributed by atoms with Crippen LogP contribution in [0.25, 0.3) is 0 Å². The number of benzene rings is 1. The summed E-state index contributed by atoms with van der Waals surface area (Å²) >= 11 is 0. The van der Waals surface area contributed by atoms with E-state index in [9.17, 15) is 8.42 Å². The van der Waals surface area contributed by atoms with E-state index in [0.29, 0.717) is 0 Å². The van der Waals surface area contributed by atoms with Crippen LogP contribution in [0.1, 0.15) is 51.3 Å². The van der Waals surface area contributed by atoms with Gasteiger partial charge in [0, 0.05) is 6.04 Å². The summed E-state index contributed by atoms with van der Waals surface area (Å²) in [5.74, 6) is 0.469. The van der Waals surface area contributed by atoms with Crippen molar-refractivity contribution in [3.8, 4) is 0 Å². The molecule has 0 saturated carbocycles. The maximum Gasteiger partial charge on any atom is 0.155 e. The fourth-order valence-corrected chi connectivity index (χ4v) is 4.42. The predicted octanol–water partition coefficient (Wildman–Crippen LogP) is 3.50. The lowest BCUT2D eigenvalue weighted by Crippen LogP contribution is -2.37. The summed E-state index contributed by atoms with van der Waals surface area (Å²) in [6.07, 6.45) is 0.891. The minimum atomic E-state index is -3.11. The minimum absolute atomic E-state index is 0.148. The van der Waals surface area contributed by atoms with Gasteiger partial charge in [0.25, 0.3) is 0 Å². The molecule has 1 rings (SSSR count). The van der Waals surface area contributed by atoms with Crippen LogP contribution in [-0.4, -0.2) is 26.0 Å².